The average Bonchev–Trinajstić information content (AvgIpc) is 2.43. The van der Waals surface area contributed by atoms with Gasteiger partial charge >= 0.3 is 0 Å². The number of halogens is 2. The second kappa shape index (κ2) is 5.61. The minimum Gasteiger partial charge on any atom is -0.322 e. The molecule has 1 aromatic heterocycles. The largest absolute Gasteiger partial charge is 0.322 e. The summed E-state index contributed by atoms with van der Waals surface area (Å²) in [7, 11) is 0. The van der Waals surface area contributed by atoms with Crippen molar-refractivity contribution in [1.29, 1.82) is 0 Å². The lowest BCUT2D eigenvalue weighted by Crippen LogP contribution is -2.15. The maximum atomic E-state index is 13.4. The van der Waals surface area contributed by atoms with Crippen molar-refractivity contribution >= 4 is 17.3 Å². The summed E-state index contributed by atoms with van der Waals surface area (Å²) in [6.45, 7) is 1.55. The lowest BCUT2D eigenvalue weighted by molar-refractivity contribution is -0.384. The topological polar surface area (TPSA) is 85.1 Å². The van der Waals surface area contributed by atoms with E-state index in [1.54, 1.807) is 6.92 Å². The van der Waals surface area contributed by atoms with Gasteiger partial charge in [-0.2, -0.15) is 4.39 Å². The van der Waals surface area contributed by atoms with Gasteiger partial charge < -0.3 is 5.32 Å². The minimum atomic E-state index is -1.37. The Morgan fingerprint density at radius 1 is 1.33 bits per heavy atom. The van der Waals surface area contributed by atoms with Crippen molar-refractivity contribution in [2.24, 2.45) is 0 Å². The summed E-state index contributed by atoms with van der Waals surface area (Å²) in [6.07, 6.45) is 0.968. The van der Waals surface area contributed by atoms with Crippen LogP contribution in [0.2, 0.25) is 0 Å². The Bertz CT molecular complexity index is 735. The van der Waals surface area contributed by atoms with E-state index in [1.165, 1.54) is 18.2 Å². The fourth-order valence-electron chi connectivity index (χ4n) is 1.68. The first kappa shape index (κ1) is 14.5. The summed E-state index contributed by atoms with van der Waals surface area (Å²) >= 11 is 0. The van der Waals surface area contributed by atoms with Crippen molar-refractivity contribution in [1.82, 2.24) is 4.98 Å². The van der Waals surface area contributed by atoms with Crippen molar-refractivity contribution in [3.8, 4) is 0 Å². The smallest absolute Gasteiger partial charge is 0.269 e. The van der Waals surface area contributed by atoms with Crippen LogP contribution in [0, 0.1) is 28.8 Å². The highest BCUT2D eigenvalue weighted by Gasteiger charge is 2.17. The highest BCUT2D eigenvalue weighted by Crippen LogP contribution is 2.22. The van der Waals surface area contributed by atoms with Crippen LogP contribution >= 0.6 is 0 Å². The van der Waals surface area contributed by atoms with Crippen LogP contribution < -0.4 is 5.32 Å². The number of hydrogen-bond donors (Lipinski definition) is 1. The standard InChI is InChI=1S/C13H9F2N3O3/c1-7-6-8(18(20)21)2-3-10(7)17-13(19)9-4-5-16-12(15)11(9)14/h2-6H,1H3,(H,17,19). The van der Waals surface area contributed by atoms with E-state index in [0.717, 1.165) is 12.3 Å². The highest BCUT2D eigenvalue weighted by molar-refractivity contribution is 6.04. The SMILES string of the molecule is Cc1cc([N+](=O)[O-])ccc1NC(=O)c1ccnc(F)c1F. The number of rotatable bonds is 3. The lowest BCUT2D eigenvalue weighted by Gasteiger charge is -2.08. The summed E-state index contributed by atoms with van der Waals surface area (Å²) in [5.74, 6) is -3.59. The number of carbonyl (C=O) groups excluding carboxylic acids is 1. The molecule has 2 rings (SSSR count). The third-order valence-electron chi connectivity index (χ3n) is 2.76. The van der Waals surface area contributed by atoms with Crippen molar-refractivity contribution in [2.75, 3.05) is 5.32 Å². The molecule has 6 nitrogen and oxygen atoms in total. The van der Waals surface area contributed by atoms with E-state index in [0.29, 0.717) is 5.56 Å². The third-order valence-corrected chi connectivity index (χ3v) is 2.76. The number of carbonyl (C=O) groups is 1. The highest BCUT2D eigenvalue weighted by atomic mass is 19.2. The van der Waals surface area contributed by atoms with Gasteiger partial charge in [0.25, 0.3) is 11.6 Å². The first-order chi connectivity index (χ1) is 9.90. The van der Waals surface area contributed by atoms with E-state index in [-0.39, 0.29) is 11.4 Å². The molecule has 0 saturated carbocycles. The molecular weight excluding hydrogens is 284 g/mol. The molecule has 1 N–H and O–H groups in total. The molecule has 0 unspecified atom stereocenters. The van der Waals surface area contributed by atoms with Gasteiger partial charge in [0.1, 0.15) is 0 Å². The predicted molar refractivity (Wildman–Crippen MR) is 69.9 cm³/mol. The van der Waals surface area contributed by atoms with Crippen LogP contribution in [0.5, 0.6) is 0 Å². The average molecular weight is 293 g/mol. The number of nitro groups is 1. The molecule has 0 bridgehead atoms. The Morgan fingerprint density at radius 2 is 2.05 bits per heavy atom. The first-order valence-corrected chi connectivity index (χ1v) is 5.76. The van der Waals surface area contributed by atoms with Crippen LogP contribution in [0.3, 0.4) is 0 Å². The molecule has 0 saturated heterocycles. The van der Waals surface area contributed by atoms with Gasteiger partial charge in [-0.25, -0.2) is 9.37 Å². The molecule has 1 amide bonds. The number of aromatic nitrogens is 1. The molecule has 21 heavy (non-hydrogen) atoms. The van der Waals surface area contributed by atoms with Gasteiger partial charge in [0.15, 0.2) is 5.82 Å². The number of pyridine rings is 1. The molecule has 0 spiro atoms. The number of anilines is 1. The zero-order valence-corrected chi connectivity index (χ0v) is 10.8. The monoisotopic (exact) mass is 293 g/mol. The minimum absolute atomic E-state index is 0.133. The van der Waals surface area contributed by atoms with E-state index in [4.69, 9.17) is 0 Å². The van der Waals surface area contributed by atoms with E-state index < -0.39 is 28.2 Å². The molecule has 0 aliphatic carbocycles. The summed E-state index contributed by atoms with van der Waals surface area (Å²) in [5.41, 5.74) is 0.0570. The van der Waals surface area contributed by atoms with Crippen LogP contribution in [0.4, 0.5) is 20.2 Å². The van der Waals surface area contributed by atoms with Gasteiger partial charge in [-0.15, -0.1) is 0 Å². The zero-order valence-electron chi connectivity index (χ0n) is 10.8. The molecule has 108 valence electrons. The van der Waals surface area contributed by atoms with Gasteiger partial charge in [-0.1, -0.05) is 0 Å². The molecular formula is C13H9F2N3O3. The van der Waals surface area contributed by atoms with Crippen LogP contribution in [-0.2, 0) is 0 Å². The van der Waals surface area contributed by atoms with Crippen molar-refractivity contribution in [3.63, 3.8) is 0 Å². The van der Waals surface area contributed by atoms with Crippen LogP contribution in [-0.4, -0.2) is 15.8 Å². The molecule has 0 atom stereocenters. The number of amides is 1. The first-order valence-electron chi connectivity index (χ1n) is 5.76. The van der Waals surface area contributed by atoms with Crippen LogP contribution in [0.15, 0.2) is 30.5 Å². The number of nitrogens with zero attached hydrogens (tertiary/aromatic N) is 2. The Hall–Kier alpha value is -2.90. The number of nitro benzene ring substituents is 1. The quantitative estimate of drug-likeness (QED) is 0.535. The fourth-order valence-corrected chi connectivity index (χ4v) is 1.68. The van der Waals surface area contributed by atoms with E-state index in [2.05, 4.69) is 10.3 Å². The molecule has 0 aliphatic heterocycles. The number of benzene rings is 1. The molecule has 0 radical (unpaired) electrons. The van der Waals surface area contributed by atoms with Crippen molar-refractivity contribution < 1.29 is 18.5 Å². The van der Waals surface area contributed by atoms with Gasteiger partial charge in [-0.05, 0) is 24.6 Å². The Kier molecular flexibility index (Phi) is 3.88. The lowest BCUT2D eigenvalue weighted by atomic mass is 10.1. The van der Waals surface area contributed by atoms with E-state index in [9.17, 15) is 23.7 Å². The van der Waals surface area contributed by atoms with Crippen molar-refractivity contribution in [2.45, 2.75) is 6.92 Å². The molecule has 2 aromatic rings. The molecule has 1 aromatic carbocycles. The van der Waals surface area contributed by atoms with Crippen LogP contribution in [0.25, 0.3) is 0 Å². The van der Waals surface area contributed by atoms with Crippen LogP contribution in [0.1, 0.15) is 15.9 Å². The number of non-ortho nitro benzene ring substituents is 1. The summed E-state index contributed by atoms with van der Waals surface area (Å²) in [4.78, 5) is 25.0. The zero-order chi connectivity index (χ0) is 15.6. The maximum absolute atomic E-state index is 13.4. The molecule has 1 heterocycles. The fraction of sp³-hybridized carbons (Fsp3) is 0.0769. The Labute approximate surface area is 117 Å². The van der Waals surface area contributed by atoms with Crippen molar-refractivity contribution in [3.05, 3.63) is 63.5 Å². The summed E-state index contributed by atoms with van der Waals surface area (Å²) < 4.78 is 26.4. The second-order valence-corrected chi connectivity index (χ2v) is 4.17. The summed E-state index contributed by atoms with van der Waals surface area (Å²) in [5, 5.41) is 13.0. The maximum Gasteiger partial charge on any atom is 0.269 e. The summed E-state index contributed by atoms with van der Waals surface area (Å²) in [6, 6.07) is 4.82. The van der Waals surface area contributed by atoms with E-state index in [1.807, 2.05) is 0 Å². The van der Waals surface area contributed by atoms with E-state index >= 15 is 0 Å². The molecule has 0 fully saturated rings. The second-order valence-electron chi connectivity index (χ2n) is 4.17. The Morgan fingerprint density at radius 3 is 2.67 bits per heavy atom. The molecule has 8 heteroatoms. The van der Waals surface area contributed by atoms with Gasteiger partial charge in [0.05, 0.1) is 10.5 Å². The Balaban J connectivity index is 2.28. The molecule has 0 aliphatic rings. The number of nitrogens with one attached hydrogen (secondary N) is 1. The third kappa shape index (κ3) is 2.99. The van der Waals surface area contributed by atoms with Gasteiger partial charge in [0, 0.05) is 24.0 Å². The van der Waals surface area contributed by atoms with Gasteiger partial charge in [0.2, 0.25) is 5.95 Å². The predicted octanol–water partition coefficient (Wildman–Crippen LogP) is 2.83. The number of aryl methyl sites for hydroxylation is 1. The van der Waals surface area contributed by atoms with Gasteiger partial charge in [-0.3, -0.25) is 14.9 Å². The number of hydrogen-bond acceptors (Lipinski definition) is 4. The normalized spacial score (nSPS) is 10.2.